The number of fused-ring (bicyclic) bond motifs is 1. The number of oxime groups is 1. The molecule has 1 aromatic heterocycles. The lowest BCUT2D eigenvalue weighted by Crippen LogP contribution is -2.63. The molecule has 0 aliphatic carbocycles. The van der Waals surface area contributed by atoms with Gasteiger partial charge in [0.15, 0.2) is 0 Å². The third-order valence-electron chi connectivity index (χ3n) is 5.61. The number of benzene rings is 1. The van der Waals surface area contributed by atoms with Crippen LogP contribution in [0.15, 0.2) is 26.5 Å². The molecule has 1 saturated heterocycles. The van der Waals surface area contributed by atoms with Crippen molar-refractivity contribution >= 4 is 16.7 Å². The highest BCUT2D eigenvalue weighted by Gasteiger charge is 2.50. The van der Waals surface area contributed by atoms with Crippen LogP contribution in [-0.2, 0) is 14.3 Å². The van der Waals surface area contributed by atoms with Gasteiger partial charge in [0.1, 0.15) is 48.1 Å². The largest absolute Gasteiger partial charge is 0.506 e. The molecule has 0 spiro atoms. The standard InChI is InChI=1S/C22H29NO9/c1-7-12(23-29-6)14-15(24)11-8-9-13(10(2)18(11)31-20(14)27)30-21-17(26)16(25)19(28-5)22(3,4)32-21/h8-9,16-17,19,21,24-26H,7H2,1-6H3/b23-12+/t16-,17+,19+,21+/m0/s1. The number of methoxy groups -OCH3 is 1. The van der Waals surface area contributed by atoms with Gasteiger partial charge in [0.2, 0.25) is 6.29 Å². The number of aromatic hydroxyl groups is 1. The van der Waals surface area contributed by atoms with Crippen molar-refractivity contribution in [2.75, 3.05) is 14.2 Å². The summed E-state index contributed by atoms with van der Waals surface area (Å²) in [4.78, 5) is 17.4. The molecule has 0 bridgehead atoms. The van der Waals surface area contributed by atoms with Crippen molar-refractivity contribution < 1.29 is 38.8 Å². The molecule has 10 heteroatoms. The molecule has 2 heterocycles. The summed E-state index contributed by atoms with van der Waals surface area (Å²) in [5.41, 5.74) is -1.03. The zero-order chi connectivity index (χ0) is 23.8. The van der Waals surface area contributed by atoms with E-state index in [0.29, 0.717) is 12.0 Å². The second kappa shape index (κ2) is 9.07. The molecule has 4 atom stereocenters. The van der Waals surface area contributed by atoms with Gasteiger partial charge >= 0.3 is 5.63 Å². The van der Waals surface area contributed by atoms with Gasteiger partial charge in [-0.25, -0.2) is 4.79 Å². The van der Waals surface area contributed by atoms with E-state index in [1.165, 1.54) is 20.3 Å². The molecule has 2 aromatic rings. The van der Waals surface area contributed by atoms with Crippen LogP contribution in [0.25, 0.3) is 11.0 Å². The van der Waals surface area contributed by atoms with Crippen molar-refractivity contribution in [2.24, 2.45) is 5.16 Å². The molecule has 0 unspecified atom stereocenters. The van der Waals surface area contributed by atoms with E-state index >= 15 is 0 Å². The molecule has 3 N–H and O–H groups in total. The Hall–Kier alpha value is -2.66. The quantitative estimate of drug-likeness (QED) is 0.341. The third kappa shape index (κ3) is 4.06. The number of aryl methyl sites for hydroxylation is 1. The van der Waals surface area contributed by atoms with Crippen molar-refractivity contribution in [3.63, 3.8) is 0 Å². The number of aliphatic hydroxyl groups excluding tert-OH is 2. The van der Waals surface area contributed by atoms with Crippen molar-refractivity contribution in [1.29, 1.82) is 0 Å². The van der Waals surface area contributed by atoms with E-state index in [1.807, 2.05) is 0 Å². The Kier molecular flexibility index (Phi) is 6.80. The highest BCUT2D eigenvalue weighted by atomic mass is 16.7. The molecule has 0 radical (unpaired) electrons. The summed E-state index contributed by atoms with van der Waals surface area (Å²) in [6, 6.07) is 3.08. The maximum atomic E-state index is 12.6. The number of hydrogen-bond donors (Lipinski definition) is 3. The topological polar surface area (TPSA) is 140 Å². The second-order valence-electron chi connectivity index (χ2n) is 8.10. The number of nitrogens with zero attached hydrogens (tertiary/aromatic N) is 1. The normalized spacial score (nSPS) is 25.7. The summed E-state index contributed by atoms with van der Waals surface area (Å²) in [6.07, 6.45) is -4.25. The zero-order valence-electron chi connectivity index (χ0n) is 18.9. The van der Waals surface area contributed by atoms with Gasteiger partial charge in [-0.05, 0) is 39.3 Å². The minimum absolute atomic E-state index is 0.0727. The van der Waals surface area contributed by atoms with Crippen LogP contribution in [0.2, 0.25) is 0 Å². The highest BCUT2D eigenvalue weighted by molar-refractivity contribution is 6.06. The second-order valence-corrected chi connectivity index (χ2v) is 8.10. The van der Waals surface area contributed by atoms with Crippen molar-refractivity contribution in [1.82, 2.24) is 0 Å². The van der Waals surface area contributed by atoms with Crippen LogP contribution in [-0.4, -0.2) is 65.5 Å². The van der Waals surface area contributed by atoms with Gasteiger partial charge in [0.05, 0.1) is 16.7 Å². The lowest BCUT2D eigenvalue weighted by atomic mass is 9.89. The first kappa shape index (κ1) is 24.0. The van der Waals surface area contributed by atoms with E-state index in [1.54, 1.807) is 33.8 Å². The van der Waals surface area contributed by atoms with E-state index < -0.39 is 35.8 Å². The van der Waals surface area contributed by atoms with E-state index in [2.05, 4.69) is 5.16 Å². The predicted molar refractivity (Wildman–Crippen MR) is 115 cm³/mol. The molecule has 0 amide bonds. The van der Waals surface area contributed by atoms with Gasteiger partial charge < -0.3 is 38.8 Å². The highest BCUT2D eigenvalue weighted by Crippen LogP contribution is 2.37. The van der Waals surface area contributed by atoms with Gasteiger partial charge in [0.25, 0.3) is 0 Å². The Morgan fingerprint density at radius 3 is 2.50 bits per heavy atom. The molecular weight excluding hydrogens is 422 g/mol. The Bertz CT molecular complexity index is 1080. The van der Waals surface area contributed by atoms with Gasteiger partial charge in [-0.1, -0.05) is 12.1 Å². The van der Waals surface area contributed by atoms with Crippen LogP contribution in [0.4, 0.5) is 0 Å². The number of ether oxygens (including phenoxy) is 3. The lowest BCUT2D eigenvalue weighted by Gasteiger charge is -2.46. The van der Waals surface area contributed by atoms with Crippen LogP contribution in [0, 0.1) is 6.92 Å². The lowest BCUT2D eigenvalue weighted by molar-refractivity contribution is -0.306. The summed E-state index contributed by atoms with van der Waals surface area (Å²) >= 11 is 0. The fraction of sp³-hybridized carbons (Fsp3) is 0.545. The SMILES string of the molecule is CC/C(=N\OC)c1c(O)c2ccc(O[C@@H]3OC(C)(C)[C@H](OC)[C@@H](O)[C@H]3O)c(C)c2oc1=O. The summed E-state index contributed by atoms with van der Waals surface area (Å²) < 4.78 is 22.4. The average Bonchev–Trinajstić information content (AvgIpc) is 2.73. The molecular formula is C22H29NO9. The maximum absolute atomic E-state index is 12.6. The van der Waals surface area contributed by atoms with E-state index in [9.17, 15) is 20.1 Å². The van der Waals surface area contributed by atoms with Crippen molar-refractivity contribution in [3.05, 3.63) is 33.7 Å². The predicted octanol–water partition coefficient (Wildman–Crippen LogP) is 1.82. The number of aliphatic hydroxyl groups is 2. The smallest absolute Gasteiger partial charge is 0.349 e. The Morgan fingerprint density at radius 1 is 1.22 bits per heavy atom. The maximum Gasteiger partial charge on any atom is 0.349 e. The first-order valence-electron chi connectivity index (χ1n) is 10.2. The summed E-state index contributed by atoms with van der Waals surface area (Å²) in [5.74, 6) is -0.0333. The zero-order valence-corrected chi connectivity index (χ0v) is 18.9. The molecule has 1 aromatic carbocycles. The number of rotatable bonds is 6. The van der Waals surface area contributed by atoms with Crippen LogP contribution < -0.4 is 10.4 Å². The molecule has 1 aliphatic rings. The van der Waals surface area contributed by atoms with Gasteiger partial charge in [-0.2, -0.15) is 0 Å². The summed E-state index contributed by atoms with van der Waals surface area (Å²) in [7, 11) is 2.77. The van der Waals surface area contributed by atoms with Crippen LogP contribution >= 0.6 is 0 Å². The number of hydrogen-bond acceptors (Lipinski definition) is 10. The third-order valence-corrected chi connectivity index (χ3v) is 5.61. The molecule has 1 aliphatic heterocycles. The van der Waals surface area contributed by atoms with Crippen LogP contribution in [0.5, 0.6) is 11.5 Å². The van der Waals surface area contributed by atoms with Crippen LogP contribution in [0.1, 0.15) is 38.3 Å². The van der Waals surface area contributed by atoms with Crippen molar-refractivity contribution in [3.8, 4) is 11.5 Å². The Labute approximate surface area is 185 Å². The molecule has 3 rings (SSSR count). The fourth-order valence-corrected chi connectivity index (χ4v) is 3.98. The molecule has 10 nitrogen and oxygen atoms in total. The Balaban J connectivity index is 2.03. The molecule has 176 valence electrons. The van der Waals surface area contributed by atoms with Gasteiger partial charge in [-0.15, -0.1) is 0 Å². The fourth-order valence-electron chi connectivity index (χ4n) is 3.98. The van der Waals surface area contributed by atoms with E-state index in [4.69, 9.17) is 23.5 Å². The monoisotopic (exact) mass is 451 g/mol. The van der Waals surface area contributed by atoms with E-state index in [0.717, 1.165) is 0 Å². The van der Waals surface area contributed by atoms with Crippen LogP contribution in [0.3, 0.4) is 0 Å². The van der Waals surface area contributed by atoms with E-state index in [-0.39, 0.29) is 33.7 Å². The molecule has 0 saturated carbocycles. The Morgan fingerprint density at radius 2 is 1.91 bits per heavy atom. The summed E-state index contributed by atoms with van der Waals surface area (Å²) in [6.45, 7) is 6.83. The average molecular weight is 451 g/mol. The minimum atomic E-state index is -1.39. The van der Waals surface area contributed by atoms with Gasteiger partial charge in [-0.3, -0.25) is 0 Å². The first-order chi connectivity index (χ1) is 15.1. The minimum Gasteiger partial charge on any atom is -0.506 e. The van der Waals surface area contributed by atoms with Crippen molar-refractivity contribution in [2.45, 2.75) is 64.3 Å². The molecule has 32 heavy (non-hydrogen) atoms. The molecule has 1 fully saturated rings. The summed E-state index contributed by atoms with van der Waals surface area (Å²) in [5, 5.41) is 35.7. The van der Waals surface area contributed by atoms with Gasteiger partial charge in [0, 0.05) is 12.7 Å². The first-order valence-corrected chi connectivity index (χ1v) is 10.2.